The van der Waals surface area contributed by atoms with E-state index in [9.17, 15) is 0 Å². The fourth-order valence-corrected chi connectivity index (χ4v) is 2.43. The van der Waals surface area contributed by atoms with E-state index in [0.717, 1.165) is 26.2 Å². The maximum atomic E-state index is 8.72. The van der Waals surface area contributed by atoms with Crippen molar-refractivity contribution in [3.63, 3.8) is 0 Å². The van der Waals surface area contributed by atoms with Gasteiger partial charge in [0.1, 0.15) is 0 Å². The molecule has 2 heterocycles. The third kappa shape index (κ3) is 6.87. The Labute approximate surface area is 132 Å². The van der Waals surface area contributed by atoms with Crippen LogP contribution in [0.15, 0.2) is 0 Å². The van der Waals surface area contributed by atoms with Gasteiger partial charge in [-0.15, -0.1) is 24.8 Å². The summed E-state index contributed by atoms with van der Waals surface area (Å²) in [5.74, 6) is 1.09. The number of rotatable bonds is 4. The summed E-state index contributed by atoms with van der Waals surface area (Å²) in [5.41, 5.74) is 0. The molecule has 2 aliphatic heterocycles. The molecule has 0 amide bonds. The largest absolute Gasteiger partial charge is 0.396 e. The summed E-state index contributed by atoms with van der Waals surface area (Å²) < 4.78 is 0. The van der Waals surface area contributed by atoms with Crippen molar-refractivity contribution >= 4 is 24.8 Å². The van der Waals surface area contributed by atoms with Crippen LogP contribution < -0.4 is 10.6 Å². The van der Waals surface area contributed by atoms with Crippen molar-refractivity contribution in [1.29, 1.82) is 0 Å². The van der Waals surface area contributed by atoms with Crippen molar-refractivity contribution in [2.75, 3.05) is 52.6 Å². The maximum absolute atomic E-state index is 8.72. The number of hydrogen-bond acceptors (Lipinski definition) is 6. The van der Waals surface area contributed by atoms with Gasteiger partial charge in [0.05, 0.1) is 0 Å². The van der Waals surface area contributed by atoms with E-state index in [1.54, 1.807) is 0 Å². The first-order chi connectivity index (χ1) is 8.76. The molecule has 2 fully saturated rings. The summed E-state index contributed by atoms with van der Waals surface area (Å²) in [6.07, 6.45) is 0. The summed E-state index contributed by atoms with van der Waals surface area (Å²) in [7, 11) is 0. The molecule has 124 valence electrons. The predicted octanol–water partition coefficient (Wildman–Crippen LogP) is -1.54. The predicted molar refractivity (Wildman–Crippen MR) is 82.5 cm³/mol. The van der Waals surface area contributed by atoms with E-state index >= 15 is 0 Å². The Hall–Kier alpha value is 0.340. The summed E-state index contributed by atoms with van der Waals surface area (Å²) in [5, 5.41) is 41.1. The molecule has 0 aliphatic carbocycles. The standard InChI is InChI=1S/2C6H13NO2.2ClH/c2*8-3-5-1-7-2-6(5)4-9;;/h2*5-9H,1-4H2;2*1H/t2*5-,6-;;/m10../s1. The molecule has 0 bridgehead atoms. The van der Waals surface area contributed by atoms with E-state index in [0.29, 0.717) is 0 Å². The van der Waals surface area contributed by atoms with Gasteiger partial charge < -0.3 is 31.1 Å². The number of halogens is 2. The van der Waals surface area contributed by atoms with E-state index in [1.165, 1.54) is 0 Å². The Kier molecular flexibility index (Phi) is 14.7. The highest BCUT2D eigenvalue weighted by atomic mass is 35.5. The zero-order valence-corrected chi connectivity index (χ0v) is 13.2. The summed E-state index contributed by atoms with van der Waals surface area (Å²) in [6.45, 7) is 4.17. The second-order valence-corrected chi connectivity index (χ2v) is 5.09. The molecule has 6 N–H and O–H groups in total. The van der Waals surface area contributed by atoms with Gasteiger partial charge in [0.25, 0.3) is 0 Å². The van der Waals surface area contributed by atoms with E-state index in [2.05, 4.69) is 10.6 Å². The van der Waals surface area contributed by atoms with Gasteiger partial charge >= 0.3 is 0 Å². The SMILES string of the molecule is Cl.Cl.OC[C@@H]1CNC[C@H]1CO.OC[C@H]1CNC[C@@H]1CO. The Morgan fingerprint density at radius 2 is 0.750 bits per heavy atom. The van der Waals surface area contributed by atoms with Crippen LogP contribution in [0.4, 0.5) is 0 Å². The first kappa shape index (κ1) is 22.6. The van der Waals surface area contributed by atoms with Crippen LogP contribution in [-0.4, -0.2) is 73.0 Å². The quantitative estimate of drug-likeness (QED) is 0.372. The smallest absolute Gasteiger partial charge is 0.0475 e. The molecule has 0 saturated carbocycles. The highest BCUT2D eigenvalue weighted by Gasteiger charge is 2.25. The van der Waals surface area contributed by atoms with Crippen molar-refractivity contribution in [1.82, 2.24) is 10.6 Å². The fourth-order valence-electron chi connectivity index (χ4n) is 2.43. The van der Waals surface area contributed by atoms with Gasteiger partial charge in [-0.25, -0.2) is 0 Å². The van der Waals surface area contributed by atoms with Crippen LogP contribution in [0.25, 0.3) is 0 Å². The number of hydrogen-bond donors (Lipinski definition) is 6. The molecule has 2 aliphatic rings. The number of nitrogens with one attached hydrogen (secondary N) is 2. The monoisotopic (exact) mass is 334 g/mol. The lowest BCUT2D eigenvalue weighted by Gasteiger charge is -2.11. The highest BCUT2D eigenvalue weighted by Crippen LogP contribution is 2.14. The number of aliphatic hydroxyl groups excluding tert-OH is 4. The normalized spacial score (nSPS) is 31.8. The molecule has 0 aromatic heterocycles. The van der Waals surface area contributed by atoms with Crippen LogP contribution in [0, 0.1) is 23.7 Å². The minimum atomic E-state index is 0. The lowest BCUT2D eigenvalue weighted by Crippen LogP contribution is -2.19. The van der Waals surface area contributed by atoms with Gasteiger partial charge in [-0.3, -0.25) is 0 Å². The Balaban J connectivity index is 0. The van der Waals surface area contributed by atoms with Crippen LogP contribution >= 0.6 is 24.8 Å². The first-order valence-corrected chi connectivity index (χ1v) is 6.61. The van der Waals surface area contributed by atoms with Crippen LogP contribution in [0.5, 0.6) is 0 Å². The molecule has 8 heteroatoms. The van der Waals surface area contributed by atoms with Gasteiger partial charge in [0, 0.05) is 76.3 Å². The van der Waals surface area contributed by atoms with Crippen LogP contribution in [0.1, 0.15) is 0 Å². The van der Waals surface area contributed by atoms with Crippen molar-refractivity contribution in [2.24, 2.45) is 23.7 Å². The Bertz CT molecular complexity index is 186. The minimum absolute atomic E-state index is 0. The Morgan fingerprint density at radius 1 is 0.550 bits per heavy atom. The molecule has 0 radical (unpaired) electrons. The topological polar surface area (TPSA) is 105 Å². The van der Waals surface area contributed by atoms with Crippen molar-refractivity contribution in [2.45, 2.75) is 0 Å². The van der Waals surface area contributed by atoms with Gasteiger partial charge in [0.15, 0.2) is 0 Å². The molecule has 20 heavy (non-hydrogen) atoms. The lowest BCUT2D eigenvalue weighted by molar-refractivity contribution is 0.152. The second-order valence-electron chi connectivity index (χ2n) is 5.09. The van der Waals surface area contributed by atoms with E-state index < -0.39 is 0 Å². The number of aliphatic hydroxyl groups is 4. The highest BCUT2D eigenvalue weighted by molar-refractivity contribution is 5.85. The molecule has 0 aromatic carbocycles. The molecule has 0 aromatic rings. The Morgan fingerprint density at radius 3 is 0.900 bits per heavy atom. The average molecular weight is 335 g/mol. The zero-order chi connectivity index (χ0) is 13.4. The fraction of sp³-hybridized carbons (Fsp3) is 1.00. The third-order valence-corrected chi connectivity index (χ3v) is 3.90. The first-order valence-electron chi connectivity index (χ1n) is 6.61. The van der Waals surface area contributed by atoms with E-state index in [1.807, 2.05) is 0 Å². The molecule has 2 rings (SSSR count). The molecule has 0 unspecified atom stereocenters. The van der Waals surface area contributed by atoms with Gasteiger partial charge in [-0.2, -0.15) is 0 Å². The average Bonchev–Trinajstić information content (AvgIpc) is 3.06. The van der Waals surface area contributed by atoms with E-state index in [-0.39, 0.29) is 74.9 Å². The molecule has 6 nitrogen and oxygen atoms in total. The molecule has 4 atom stereocenters. The molecular formula is C12H28Cl2N2O4. The van der Waals surface area contributed by atoms with Gasteiger partial charge in [-0.1, -0.05) is 0 Å². The van der Waals surface area contributed by atoms with E-state index in [4.69, 9.17) is 20.4 Å². The molecule has 0 spiro atoms. The zero-order valence-electron chi connectivity index (χ0n) is 11.6. The summed E-state index contributed by atoms with van der Waals surface area (Å²) in [6, 6.07) is 0. The van der Waals surface area contributed by atoms with Gasteiger partial charge in [0.2, 0.25) is 0 Å². The third-order valence-electron chi connectivity index (χ3n) is 3.90. The second kappa shape index (κ2) is 13.0. The van der Waals surface area contributed by atoms with Crippen LogP contribution in [0.2, 0.25) is 0 Å². The molecule has 2 saturated heterocycles. The van der Waals surface area contributed by atoms with Crippen LogP contribution in [0.3, 0.4) is 0 Å². The van der Waals surface area contributed by atoms with Crippen molar-refractivity contribution in [3.8, 4) is 0 Å². The summed E-state index contributed by atoms with van der Waals surface area (Å²) in [4.78, 5) is 0. The van der Waals surface area contributed by atoms with Crippen LogP contribution in [-0.2, 0) is 0 Å². The summed E-state index contributed by atoms with van der Waals surface area (Å²) >= 11 is 0. The van der Waals surface area contributed by atoms with Crippen molar-refractivity contribution < 1.29 is 20.4 Å². The maximum Gasteiger partial charge on any atom is 0.0475 e. The van der Waals surface area contributed by atoms with Crippen molar-refractivity contribution in [3.05, 3.63) is 0 Å². The minimum Gasteiger partial charge on any atom is -0.396 e. The lowest BCUT2D eigenvalue weighted by atomic mass is 9.98. The van der Waals surface area contributed by atoms with Gasteiger partial charge in [-0.05, 0) is 0 Å². The molecular weight excluding hydrogens is 307 g/mol.